The van der Waals surface area contributed by atoms with E-state index in [2.05, 4.69) is 15.0 Å². The van der Waals surface area contributed by atoms with Crippen molar-refractivity contribution in [2.75, 3.05) is 0 Å². The molecule has 2 aromatic heterocycles. The maximum atomic E-state index is 14.0. The van der Waals surface area contributed by atoms with Crippen LogP contribution in [0.2, 0.25) is 5.02 Å². The van der Waals surface area contributed by atoms with Gasteiger partial charge in [-0.3, -0.25) is 19.5 Å². The fourth-order valence-electron chi connectivity index (χ4n) is 4.25. The van der Waals surface area contributed by atoms with Crippen molar-refractivity contribution in [2.45, 2.75) is 43.0 Å². The zero-order valence-electron chi connectivity index (χ0n) is 22.0. The summed E-state index contributed by atoms with van der Waals surface area (Å²) in [6.45, 7) is 5.19. The number of nitrogens with zero attached hydrogens (tertiary/aromatic N) is 5. The van der Waals surface area contributed by atoms with E-state index in [4.69, 9.17) is 16.3 Å². The minimum Gasteiger partial charge on any atom is -0.459 e. The lowest BCUT2D eigenvalue weighted by Crippen LogP contribution is -2.40. The molecule has 0 bridgehead atoms. The number of halogens is 1. The zero-order chi connectivity index (χ0) is 29.3. The molecule has 0 N–H and O–H groups in total. The lowest BCUT2D eigenvalue weighted by Gasteiger charge is -2.25. The number of fused-ring (bicyclic) bond motifs is 1. The highest BCUT2D eigenvalue weighted by Crippen LogP contribution is 2.33. The highest BCUT2D eigenvalue weighted by atomic mass is 35.5. The molecule has 0 spiro atoms. The van der Waals surface area contributed by atoms with Gasteiger partial charge in [0.25, 0.3) is 11.2 Å². The number of ether oxygens (including phenoxy) is 1. The molecule has 10 nitrogen and oxygen atoms in total. The lowest BCUT2D eigenvalue weighted by atomic mass is 9.96. The van der Waals surface area contributed by atoms with Crippen LogP contribution >= 0.6 is 34.7 Å². The molecule has 5 rings (SSSR count). The Morgan fingerprint density at radius 2 is 1.90 bits per heavy atom. The molecule has 4 aromatic rings. The number of esters is 1. The van der Waals surface area contributed by atoms with Crippen LogP contribution in [0, 0.1) is 10.1 Å². The van der Waals surface area contributed by atoms with Crippen molar-refractivity contribution >= 4 is 52.4 Å². The smallest absolute Gasteiger partial charge is 0.338 e. The first-order chi connectivity index (χ1) is 19.6. The Bertz CT molecular complexity index is 1870. The van der Waals surface area contributed by atoms with Gasteiger partial charge in [-0.1, -0.05) is 35.1 Å². The third-order valence-corrected chi connectivity index (χ3v) is 8.22. The van der Waals surface area contributed by atoms with Crippen molar-refractivity contribution in [3.63, 3.8) is 0 Å². The second-order valence-corrected chi connectivity index (χ2v) is 11.7. The standard InChI is InChI=1S/C28H22ClN5O5S2/c1-15(2)39-26(36)23-16(3)32-28-33(24(23)17-5-7-19(29)8-6-17)25(35)22(41-28)14-18-13-20(34(37)38)9-10-21(18)40-27-30-11-4-12-31-27/h4-15,24H,1-3H3/b22-14+/t24-/m1/s1. The maximum Gasteiger partial charge on any atom is 0.338 e. The number of thiazole rings is 1. The first kappa shape index (κ1) is 28.4. The molecule has 0 fully saturated rings. The monoisotopic (exact) mass is 607 g/mol. The molecule has 0 aliphatic carbocycles. The van der Waals surface area contributed by atoms with Crippen LogP contribution in [0.15, 0.2) is 92.0 Å². The molecular formula is C28H22ClN5O5S2. The molecule has 208 valence electrons. The van der Waals surface area contributed by atoms with Crippen LogP contribution in [0.25, 0.3) is 6.08 Å². The summed E-state index contributed by atoms with van der Waals surface area (Å²) in [6, 6.07) is 12.1. The number of carbonyl (C=O) groups excluding carboxylic acids is 1. The van der Waals surface area contributed by atoms with Crippen LogP contribution < -0.4 is 14.9 Å². The lowest BCUT2D eigenvalue weighted by molar-refractivity contribution is -0.384. The molecule has 3 heterocycles. The predicted molar refractivity (Wildman–Crippen MR) is 156 cm³/mol. The Kier molecular flexibility index (Phi) is 8.15. The first-order valence-corrected chi connectivity index (χ1v) is 14.4. The van der Waals surface area contributed by atoms with Gasteiger partial charge in [0.05, 0.1) is 32.9 Å². The molecule has 0 radical (unpaired) electrons. The summed E-state index contributed by atoms with van der Waals surface area (Å²) in [4.78, 5) is 52.3. The van der Waals surface area contributed by atoms with Gasteiger partial charge in [0.1, 0.15) is 0 Å². The first-order valence-electron chi connectivity index (χ1n) is 12.3. The molecule has 1 aliphatic rings. The van der Waals surface area contributed by atoms with Gasteiger partial charge >= 0.3 is 5.97 Å². The summed E-state index contributed by atoms with van der Waals surface area (Å²) in [6.07, 6.45) is 4.40. The number of hydrogen-bond acceptors (Lipinski definition) is 10. The average molecular weight is 608 g/mol. The summed E-state index contributed by atoms with van der Waals surface area (Å²) >= 11 is 8.47. The van der Waals surface area contributed by atoms with E-state index in [-0.39, 0.29) is 21.9 Å². The van der Waals surface area contributed by atoms with Gasteiger partial charge in [-0.05, 0) is 74.0 Å². The van der Waals surface area contributed by atoms with Gasteiger partial charge in [-0.25, -0.2) is 19.8 Å². The third kappa shape index (κ3) is 5.99. The molecule has 1 atom stereocenters. The molecule has 41 heavy (non-hydrogen) atoms. The van der Waals surface area contributed by atoms with E-state index in [0.717, 1.165) is 11.3 Å². The van der Waals surface area contributed by atoms with E-state index in [0.29, 0.717) is 36.7 Å². The van der Waals surface area contributed by atoms with Gasteiger partial charge < -0.3 is 4.74 Å². The Morgan fingerprint density at radius 3 is 2.56 bits per heavy atom. The average Bonchev–Trinajstić information content (AvgIpc) is 3.23. The second kappa shape index (κ2) is 11.8. The van der Waals surface area contributed by atoms with Gasteiger partial charge in [0.15, 0.2) is 9.96 Å². The summed E-state index contributed by atoms with van der Waals surface area (Å²) < 4.78 is 7.25. The van der Waals surface area contributed by atoms with Crippen LogP contribution in [0.1, 0.15) is 37.9 Å². The van der Waals surface area contributed by atoms with Crippen molar-refractivity contribution in [3.8, 4) is 0 Å². The quantitative estimate of drug-likeness (QED) is 0.128. The van der Waals surface area contributed by atoms with Gasteiger partial charge in [-0.15, -0.1) is 0 Å². The summed E-state index contributed by atoms with van der Waals surface area (Å²) in [5.74, 6) is -0.573. The number of nitro groups is 1. The molecular weight excluding hydrogens is 586 g/mol. The Labute approximate surface area is 246 Å². The number of benzene rings is 2. The molecule has 13 heteroatoms. The van der Waals surface area contributed by atoms with E-state index >= 15 is 0 Å². The van der Waals surface area contributed by atoms with E-state index < -0.39 is 22.5 Å². The van der Waals surface area contributed by atoms with Crippen LogP contribution in [0.3, 0.4) is 0 Å². The maximum absolute atomic E-state index is 14.0. The Hall–Kier alpha value is -4.13. The number of hydrogen-bond donors (Lipinski definition) is 0. The molecule has 0 saturated heterocycles. The van der Waals surface area contributed by atoms with Crippen LogP contribution in [-0.2, 0) is 9.53 Å². The van der Waals surface area contributed by atoms with Crippen LogP contribution in [0.4, 0.5) is 5.69 Å². The fourth-order valence-corrected chi connectivity index (χ4v) is 6.21. The molecule has 2 aromatic carbocycles. The van der Waals surface area contributed by atoms with Crippen molar-refractivity contribution in [2.24, 2.45) is 4.99 Å². The molecule has 1 aliphatic heterocycles. The predicted octanol–water partition coefficient (Wildman–Crippen LogP) is 4.69. The van der Waals surface area contributed by atoms with Crippen molar-refractivity contribution in [3.05, 3.63) is 118 Å². The van der Waals surface area contributed by atoms with Crippen LogP contribution in [-0.4, -0.2) is 31.5 Å². The summed E-state index contributed by atoms with van der Waals surface area (Å²) in [5.41, 5.74) is 1.23. The topological polar surface area (TPSA) is 130 Å². The van der Waals surface area contributed by atoms with Gasteiger partial charge in [-0.2, -0.15) is 0 Å². The largest absolute Gasteiger partial charge is 0.459 e. The normalized spacial score (nSPS) is 15.0. The van der Waals surface area contributed by atoms with Crippen molar-refractivity contribution in [1.29, 1.82) is 0 Å². The number of allylic oxidation sites excluding steroid dienone is 1. The Morgan fingerprint density at radius 1 is 1.20 bits per heavy atom. The van der Waals surface area contributed by atoms with Crippen molar-refractivity contribution < 1.29 is 14.5 Å². The zero-order valence-corrected chi connectivity index (χ0v) is 24.4. The number of non-ortho nitro benzene ring substituents is 1. The van der Waals surface area contributed by atoms with E-state index in [1.54, 1.807) is 75.6 Å². The highest BCUT2D eigenvalue weighted by molar-refractivity contribution is 7.99. The van der Waals surface area contributed by atoms with E-state index in [9.17, 15) is 19.7 Å². The molecule has 0 saturated carbocycles. The number of rotatable bonds is 7. The molecule has 0 amide bonds. The molecule has 0 unspecified atom stereocenters. The number of aromatic nitrogens is 3. The van der Waals surface area contributed by atoms with Gasteiger partial charge in [0, 0.05) is 34.4 Å². The van der Waals surface area contributed by atoms with Crippen LogP contribution in [0.5, 0.6) is 0 Å². The van der Waals surface area contributed by atoms with Crippen molar-refractivity contribution in [1.82, 2.24) is 14.5 Å². The van der Waals surface area contributed by atoms with E-state index in [1.807, 2.05) is 0 Å². The minimum absolute atomic E-state index is 0.129. The summed E-state index contributed by atoms with van der Waals surface area (Å²) in [5, 5.41) is 12.5. The van der Waals surface area contributed by atoms with E-state index in [1.165, 1.54) is 28.5 Å². The van der Waals surface area contributed by atoms with Gasteiger partial charge in [0.2, 0.25) is 0 Å². The summed E-state index contributed by atoms with van der Waals surface area (Å²) in [7, 11) is 0. The number of nitro benzene ring substituents is 1. The third-order valence-electron chi connectivity index (χ3n) is 6.00. The SMILES string of the molecule is CC1=C(C(=O)OC(C)C)[C@@H](c2ccc(Cl)cc2)n2c(s/c(=C/c3cc([N+](=O)[O-])ccc3Sc3ncccn3)c2=O)=N1. The second-order valence-electron chi connectivity index (χ2n) is 9.20. The number of carbonyl (C=O) groups is 1. The highest BCUT2D eigenvalue weighted by Gasteiger charge is 2.33. The fraction of sp³-hybridized carbons (Fsp3) is 0.179. The minimum atomic E-state index is -0.811. The Balaban J connectivity index is 1.70.